The highest BCUT2D eigenvalue weighted by atomic mass is 19.1. The number of methoxy groups -OCH3 is 2. The van der Waals surface area contributed by atoms with Crippen LogP contribution in [0.5, 0.6) is 11.5 Å². The monoisotopic (exact) mass is 538 g/mol. The normalized spacial score (nSPS) is 17.6. The average Bonchev–Trinajstić information content (AvgIpc) is 3.32. The van der Waals surface area contributed by atoms with Crippen LogP contribution in [0.15, 0.2) is 54.6 Å². The van der Waals surface area contributed by atoms with Gasteiger partial charge in [-0.3, -0.25) is 9.59 Å². The van der Waals surface area contributed by atoms with E-state index in [-0.39, 0.29) is 34.7 Å². The molecule has 5 rings (SSSR count). The largest absolute Gasteiger partial charge is 0.494 e. The van der Waals surface area contributed by atoms with Crippen LogP contribution in [0.3, 0.4) is 0 Å². The van der Waals surface area contributed by atoms with Gasteiger partial charge < -0.3 is 19.7 Å². The lowest BCUT2D eigenvalue weighted by molar-refractivity contribution is -0.00440. The number of benzene rings is 3. The molecule has 0 aromatic heterocycles. The van der Waals surface area contributed by atoms with Gasteiger partial charge >= 0.3 is 0 Å². The van der Waals surface area contributed by atoms with E-state index in [4.69, 9.17) is 9.47 Å². The fourth-order valence-electron chi connectivity index (χ4n) is 5.75. The van der Waals surface area contributed by atoms with E-state index < -0.39 is 23.1 Å². The fraction of sp³-hybridized carbons (Fsp3) is 0.333. The van der Waals surface area contributed by atoms with E-state index in [9.17, 15) is 22.8 Å². The topological polar surface area (TPSA) is 67.9 Å². The number of ether oxygens (including phenoxy) is 2. The first-order valence-electron chi connectivity index (χ1n) is 12.8. The Labute approximate surface area is 224 Å². The summed E-state index contributed by atoms with van der Waals surface area (Å²) in [5.74, 6) is -4.06. The minimum absolute atomic E-state index is 0.117. The number of carbonyl (C=O) groups excluding carboxylic acids is 2. The van der Waals surface area contributed by atoms with Crippen LogP contribution < -0.4 is 14.8 Å². The van der Waals surface area contributed by atoms with Gasteiger partial charge in [0, 0.05) is 36.2 Å². The van der Waals surface area contributed by atoms with Crippen molar-refractivity contribution in [3.63, 3.8) is 0 Å². The summed E-state index contributed by atoms with van der Waals surface area (Å²) in [4.78, 5) is 28.0. The number of halogens is 3. The van der Waals surface area contributed by atoms with Gasteiger partial charge in [0.25, 0.3) is 11.8 Å². The lowest BCUT2D eigenvalue weighted by Crippen LogP contribution is -2.64. The number of nitrogens with one attached hydrogen (secondary N) is 1. The quantitative estimate of drug-likeness (QED) is 0.453. The van der Waals surface area contributed by atoms with Crippen molar-refractivity contribution in [1.29, 1.82) is 0 Å². The summed E-state index contributed by atoms with van der Waals surface area (Å²) in [6.07, 6.45) is 2.83. The van der Waals surface area contributed by atoms with E-state index in [1.807, 2.05) is 18.2 Å². The molecule has 1 aliphatic heterocycles. The van der Waals surface area contributed by atoms with Gasteiger partial charge in [-0.05, 0) is 54.7 Å². The Morgan fingerprint density at radius 1 is 0.949 bits per heavy atom. The summed E-state index contributed by atoms with van der Waals surface area (Å²) in [5, 5.41) is 2.82. The van der Waals surface area contributed by atoms with Crippen molar-refractivity contribution in [2.45, 2.75) is 31.7 Å². The van der Waals surface area contributed by atoms with Crippen LogP contribution in [0.1, 0.15) is 51.1 Å². The van der Waals surface area contributed by atoms with Gasteiger partial charge in [0.15, 0.2) is 23.1 Å². The highest BCUT2D eigenvalue weighted by molar-refractivity contribution is 5.97. The van der Waals surface area contributed by atoms with Crippen molar-refractivity contribution >= 4 is 11.8 Å². The van der Waals surface area contributed by atoms with Crippen LogP contribution in [0, 0.1) is 22.9 Å². The molecule has 9 heteroatoms. The molecule has 2 fully saturated rings. The number of carbonyl (C=O) groups is 2. The Bertz CT molecular complexity index is 1380. The summed E-state index contributed by atoms with van der Waals surface area (Å²) in [6.45, 7) is 0.872. The predicted octanol–water partition coefficient (Wildman–Crippen LogP) is 5.14. The summed E-state index contributed by atoms with van der Waals surface area (Å²) in [7, 11) is 2.45. The molecule has 1 heterocycles. The minimum atomic E-state index is -1.09. The van der Waals surface area contributed by atoms with Gasteiger partial charge in [0.1, 0.15) is 11.4 Å². The maximum Gasteiger partial charge on any atom is 0.257 e. The summed E-state index contributed by atoms with van der Waals surface area (Å²) in [6, 6.07) is 14.3. The van der Waals surface area contributed by atoms with Crippen molar-refractivity contribution in [2.75, 3.05) is 27.3 Å². The Kier molecular flexibility index (Phi) is 7.25. The molecule has 1 spiro atoms. The second-order valence-corrected chi connectivity index (χ2v) is 10.2. The molecule has 1 atom stereocenters. The Morgan fingerprint density at radius 3 is 2.26 bits per heavy atom. The summed E-state index contributed by atoms with van der Waals surface area (Å²) < 4.78 is 52.8. The van der Waals surface area contributed by atoms with Crippen LogP contribution in [0.25, 0.3) is 0 Å². The molecule has 204 valence electrons. The van der Waals surface area contributed by atoms with Crippen LogP contribution in [-0.2, 0) is 6.42 Å². The van der Waals surface area contributed by atoms with Crippen molar-refractivity contribution in [3.8, 4) is 11.5 Å². The average molecular weight is 539 g/mol. The van der Waals surface area contributed by atoms with Gasteiger partial charge in [-0.25, -0.2) is 13.2 Å². The Hall–Kier alpha value is -4.01. The molecule has 0 radical (unpaired) electrons. The number of amides is 2. The van der Waals surface area contributed by atoms with Crippen molar-refractivity contribution in [1.82, 2.24) is 10.2 Å². The number of rotatable bonds is 7. The minimum Gasteiger partial charge on any atom is -0.494 e. The Morgan fingerprint density at radius 2 is 1.62 bits per heavy atom. The molecular weight excluding hydrogens is 509 g/mol. The zero-order chi connectivity index (χ0) is 27.7. The molecule has 1 saturated carbocycles. The lowest BCUT2D eigenvalue weighted by atomic mass is 9.74. The van der Waals surface area contributed by atoms with Crippen LogP contribution in [0.2, 0.25) is 0 Å². The van der Waals surface area contributed by atoms with E-state index in [1.54, 1.807) is 23.1 Å². The zero-order valence-corrected chi connectivity index (χ0v) is 21.7. The van der Waals surface area contributed by atoms with Crippen molar-refractivity contribution < 1.29 is 32.2 Å². The van der Waals surface area contributed by atoms with Gasteiger partial charge in [0.2, 0.25) is 0 Å². The van der Waals surface area contributed by atoms with Gasteiger partial charge in [-0.15, -0.1) is 0 Å². The summed E-state index contributed by atoms with van der Waals surface area (Å²) in [5.41, 5.74) is 1.32. The second-order valence-electron chi connectivity index (χ2n) is 10.2. The van der Waals surface area contributed by atoms with E-state index in [0.29, 0.717) is 31.5 Å². The maximum atomic E-state index is 14.9. The first-order chi connectivity index (χ1) is 18.7. The third-order valence-electron chi connectivity index (χ3n) is 7.81. The van der Waals surface area contributed by atoms with Gasteiger partial charge in [0.05, 0.1) is 14.2 Å². The first-order valence-corrected chi connectivity index (χ1v) is 12.8. The number of likely N-dealkylation sites (tertiary alicyclic amines) is 1. The molecule has 3 aromatic rings. The van der Waals surface area contributed by atoms with E-state index in [2.05, 4.69) is 5.32 Å². The number of hydrogen-bond donors (Lipinski definition) is 1. The molecular formula is C30H29F3N2O4. The Balaban J connectivity index is 1.27. The number of nitrogens with zero attached hydrogens (tertiary/aromatic N) is 1. The molecule has 0 bridgehead atoms. The third kappa shape index (κ3) is 5.05. The SMILES string of the molecule is COc1cc(OC)c(F)c(C(=O)NC2CCCC23CN(C(=O)c2cccc(Cc4ccc(F)cc4)c2)C3)c1F. The van der Waals surface area contributed by atoms with Crippen LogP contribution in [-0.4, -0.2) is 50.1 Å². The highest BCUT2D eigenvalue weighted by Crippen LogP contribution is 2.46. The van der Waals surface area contributed by atoms with Crippen LogP contribution in [0.4, 0.5) is 13.2 Å². The smallest absolute Gasteiger partial charge is 0.257 e. The highest BCUT2D eigenvalue weighted by Gasteiger charge is 2.53. The van der Waals surface area contributed by atoms with Crippen LogP contribution >= 0.6 is 0 Å². The van der Waals surface area contributed by atoms with Crippen molar-refractivity contribution in [3.05, 3.63) is 94.3 Å². The molecule has 1 aliphatic carbocycles. The molecule has 2 aliphatic rings. The molecule has 1 unspecified atom stereocenters. The standard InChI is InChI=1S/C30H29F3N2O4/c1-38-22-15-23(39-2)27(33)25(26(22)32)28(36)34-24-7-4-12-30(24)16-35(17-30)29(37)20-6-3-5-19(14-20)13-18-8-10-21(31)11-9-18/h3,5-6,8-11,14-15,24H,4,7,12-13,16-17H2,1-2H3,(H,34,36). The van der Waals surface area contributed by atoms with Crippen molar-refractivity contribution in [2.24, 2.45) is 5.41 Å². The third-order valence-corrected chi connectivity index (χ3v) is 7.81. The molecule has 1 saturated heterocycles. The first kappa shape index (κ1) is 26.6. The molecule has 2 amide bonds. The summed E-state index contributed by atoms with van der Waals surface area (Å²) >= 11 is 0. The molecule has 1 N–H and O–H groups in total. The second kappa shape index (κ2) is 10.6. The predicted molar refractivity (Wildman–Crippen MR) is 139 cm³/mol. The maximum absolute atomic E-state index is 14.9. The zero-order valence-electron chi connectivity index (χ0n) is 21.7. The van der Waals surface area contributed by atoms with E-state index in [1.165, 1.54) is 26.4 Å². The van der Waals surface area contributed by atoms with E-state index in [0.717, 1.165) is 30.0 Å². The lowest BCUT2D eigenvalue weighted by Gasteiger charge is -2.51. The van der Waals surface area contributed by atoms with Gasteiger partial charge in [-0.2, -0.15) is 0 Å². The molecule has 3 aromatic carbocycles. The number of hydrogen-bond acceptors (Lipinski definition) is 4. The fourth-order valence-corrected chi connectivity index (χ4v) is 5.75. The van der Waals surface area contributed by atoms with E-state index >= 15 is 0 Å². The molecule has 39 heavy (non-hydrogen) atoms. The molecule has 6 nitrogen and oxygen atoms in total. The van der Waals surface area contributed by atoms with Gasteiger partial charge in [-0.1, -0.05) is 30.7 Å².